The second kappa shape index (κ2) is 9.35. The van der Waals surface area contributed by atoms with E-state index in [4.69, 9.17) is 22.7 Å². The van der Waals surface area contributed by atoms with Crippen LogP contribution in [0.1, 0.15) is 58.3 Å². The first kappa shape index (κ1) is 24.2. The van der Waals surface area contributed by atoms with Crippen LogP contribution in [0.3, 0.4) is 0 Å². The minimum absolute atomic E-state index is 0.105. The summed E-state index contributed by atoms with van der Waals surface area (Å²) in [6.07, 6.45) is 2.72. The molecule has 8 heteroatoms. The number of rotatable bonds is 4. The van der Waals surface area contributed by atoms with E-state index in [1.807, 2.05) is 30.3 Å². The summed E-state index contributed by atoms with van der Waals surface area (Å²) < 4.78 is 5.43. The number of thiophene rings is 1. The number of hydrogen-bond donors (Lipinski definition) is 3. The van der Waals surface area contributed by atoms with Gasteiger partial charge in [-0.1, -0.05) is 45.0 Å². The van der Waals surface area contributed by atoms with Crippen molar-refractivity contribution in [1.29, 1.82) is 0 Å². The molecule has 178 valence electrons. The first-order valence-electron chi connectivity index (χ1n) is 11.2. The minimum atomic E-state index is -0.487. The summed E-state index contributed by atoms with van der Waals surface area (Å²) in [5, 5.41) is 8.36. The van der Waals surface area contributed by atoms with Gasteiger partial charge in [0.25, 0.3) is 11.8 Å². The van der Waals surface area contributed by atoms with Gasteiger partial charge >= 0.3 is 0 Å². The molecule has 0 aliphatic heterocycles. The van der Waals surface area contributed by atoms with E-state index in [1.165, 1.54) is 18.4 Å². The van der Waals surface area contributed by atoms with Gasteiger partial charge in [-0.25, -0.2) is 0 Å². The smallest absolute Gasteiger partial charge is 0.261 e. The average Bonchev–Trinajstić information content (AvgIpc) is 3.14. The Morgan fingerprint density at radius 3 is 2.47 bits per heavy atom. The summed E-state index contributed by atoms with van der Waals surface area (Å²) in [4.78, 5) is 26.5. The van der Waals surface area contributed by atoms with E-state index >= 15 is 0 Å². The molecule has 0 unspecified atom stereocenters. The van der Waals surface area contributed by atoms with E-state index in [0.29, 0.717) is 27.8 Å². The fraction of sp³-hybridized carbons (Fsp3) is 0.346. The van der Waals surface area contributed by atoms with Crippen molar-refractivity contribution in [2.45, 2.75) is 40.0 Å². The Balaban J connectivity index is 1.56. The zero-order valence-corrected chi connectivity index (χ0v) is 21.4. The number of nitrogens with two attached hydrogens (primary N) is 1. The molecule has 1 aliphatic rings. The Kier molecular flexibility index (Phi) is 6.64. The van der Waals surface area contributed by atoms with Crippen LogP contribution < -0.4 is 21.1 Å². The lowest BCUT2D eigenvalue weighted by Crippen LogP contribution is -2.34. The van der Waals surface area contributed by atoms with Crippen molar-refractivity contribution in [2.75, 3.05) is 12.4 Å². The molecule has 34 heavy (non-hydrogen) atoms. The summed E-state index contributed by atoms with van der Waals surface area (Å²) in [6, 6.07) is 11.3. The number of thiocarbonyl (C=S) groups is 1. The molecule has 2 amide bonds. The van der Waals surface area contributed by atoms with Gasteiger partial charge in [-0.3, -0.25) is 14.9 Å². The Morgan fingerprint density at radius 1 is 1.18 bits per heavy atom. The number of hydrogen-bond acceptors (Lipinski definition) is 5. The Bertz CT molecular complexity index is 1290. The van der Waals surface area contributed by atoms with Crippen molar-refractivity contribution in [3.05, 3.63) is 58.0 Å². The monoisotopic (exact) mass is 495 g/mol. The maximum atomic E-state index is 13.0. The molecular formula is C26H29N3O3S2. The Hall–Kier alpha value is -2.97. The summed E-state index contributed by atoms with van der Waals surface area (Å²) >= 11 is 6.92. The van der Waals surface area contributed by atoms with Crippen LogP contribution in [0, 0.1) is 11.3 Å². The third-order valence-electron chi connectivity index (χ3n) is 6.50. The van der Waals surface area contributed by atoms with E-state index in [9.17, 15) is 9.59 Å². The number of benzene rings is 2. The van der Waals surface area contributed by atoms with Gasteiger partial charge in [0.1, 0.15) is 10.8 Å². The number of fused-ring (bicyclic) bond motifs is 2. The van der Waals surface area contributed by atoms with Crippen molar-refractivity contribution in [2.24, 2.45) is 17.1 Å². The third-order valence-corrected chi connectivity index (χ3v) is 7.88. The van der Waals surface area contributed by atoms with Gasteiger partial charge in [-0.05, 0) is 71.3 Å². The molecule has 4 N–H and O–H groups in total. The van der Waals surface area contributed by atoms with E-state index in [1.54, 1.807) is 6.07 Å². The van der Waals surface area contributed by atoms with E-state index < -0.39 is 11.8 Å². The molecule has 4 rings (SSSR count). The van der Waals surface area contributed by atoms with Crippen LogP contribution >= 0.6 is 23.6 Å². The molecule has 1 aliphatic carbocycles. The highest BCUT2D eigenvalue weighted by Gasteiger charge is 2.33. The van der Waals surface area contributed by atoms with Gasteiger partial charge in [0.2, 0.25) is 0 Å². The molecule has 3 aromatic rings. The van der Waals surface area contributed by atoms with Crippen LogP contribution in [0.2, 0.25) is 0 Å². The molecule has 1 atom stereocenters. The molecule has 0 bridgehead atoms. The zero-order chi connectivity index (χ0) is 24.6. The van der Waals surface area contributed by atoms with Crippen LogP contribution in [0.4, 0.5) is 5.00 Å². The topological polar surface area (TPSA) is 93.4 Å². The molecular weight excluding hydrogens is 466 g/mol. The fourth-order valence-electron chi connectivity index (χ4n) is 4.54. The highest BCUT2D eigenvalue weighted by Crippen LogP contribution is 2.44. The van der Waals surface area contributed by atoms with Crippen LogP contribution in [0.5, 0.6) is 5.75 Å². The van der Waals surface area contributed by atoms with Crippen LogP contribution in [-0.4, -0.2) is 24.0 Å². The number of primary amides is 1. The molecule has 1 heterocycles. The minimum Gasteiger partial charge on any atom is -0.496 e. The van der Waals surface area contributed by atoms with Crippen molar-refractivity contribution >= 4 is 56.3 Å². The van der Waals surface area contributed by atoms with E-state index in [0.717, 1.165) is 40.5 Å². The van der Waals surface area contributed by atoms with Gasteiger partial charge in [0.05, 0.1) is 18.2 Å². The first-order chi connectivity index (χ1) is 16.1. The van der Waals surface area contributed by atoms with Crippen LogP contribution in [0.25, 0.3) is 10.8 Å². The van der Waals surface area contributed by atoms with Gasteiger partial charge < -0.3 is 15.8 Å². The number of carbonyl (C=O) groups is 2. The highest BCUT2D eigenvalue weighted by molar-refractivity contribution is 7.80. The maximum absolute atomic E-state index is 13.0. The van der Waals surface area contributed by atoms with Gasteiger partial charge in [-0.2, -0.15) is 0 Å². The van der Waals surface area contributed by atoms with E-state index in [2.05, 4.69) is 31.4 Å². The van der Waals surface area contributed by atoms with Gasteiger partial charge in [-0.15, -0.1) is 11.3 Å². The van der Waals surface area contributed by atoms with Crippen molar-refractivity contribution in [1.82, 2.24) is 5.32 Å². The quantitative estimate of drug-likeness (QED) is 0.428. The second-order valence-electron chi connectivity index (χ2n) is 9.69. The molecule has 0 fully saturated rings. The summed E-state index contributed by atoms with van der Waals surface area (Å²) in [5.41, 5.74) is 7.79. The standard InChI is InChI=1S/C26H29N3O3S2/c1-26(2,3)16-9-10-17-20(13-16)34-24(21(17)22(27)30)29-25(33)28-23(31)18-11-14-7-5-6-8-15(14)12-19(18)32-4/h5-8,11-12,16H,9-10,13H2,1-4H3,(H2,27,30)(H2,28,29,31,33)/t16-/m0/s1. The molecule has 0 spiro atoms. The van der Waals surface area contributed by atoms with Crippen LogP contribution in [-0.2, 0) is 12.8 Å². The number of amides is 2. The number of methoxy groups -OCH3 is 1. The SMILES string of the molecule is COc1cc2ccccc2cc1C(=O)NC(=S)Nc1sc2c(c1C(N)=O)CC[C@H](C(C)(C)C)C2. The van der Waals surface area contributed by atoms with Crippen LogP contribution in [0.15, 0.2) is 36.4 Å². The normalized spacial score (nSPS) is 15.5. The lowest BCUT2D eigenvalue weighted by atomic mass is 9.72. The van der Waals surface area contributed by atoms with Crippen molar-refractivity contribution in [3.8, 4) is 5.75 Å². The predicted octanol–water partition coefficient (Wildman–Crippen LogP) is 5.29. The lowest BCUT2D eigenvalue weighted by molar-refractivity contribution is 0.0972. The largest absolute Gasteiger partial charge is 0.496 e. The predicted molar refractivity (Wildman–Crippen MR) is 142 cm³/mol. The summed E-state index contributed by atoms with van der Waals surface area (Å²) in [7, 11) is 1.53. The highest BCUT2D eigenvalue weighted by atomic mass is 32.1. The number of ether oxygens (including phenoxy) is 1. The molecule has 0 saturated carbocycles. The second-order valence-corrected chi connectivity index (χ2v) is 11.2. The zero-order valence-electron chi connectivity index (χ0n) is 19.8. The lowest BCUT2D eigenvalue weighted by Gasteiger charge is -2.33. The average molecular weight is 496 g/mol. The first-order valence-corrected chi connectivity index (χ1v) is 12.4. The Labute approximate surface area is 208 Å². The molecule has 1 aromatic heterocycles. The number of anilines is 1. The number of carbonyl (C=O) groups excluding carboxylic acids is 2. The Morgan fingerprint density at radius 2 is 1.85 bits per heavy atom. The summed E-state index contributed by atoms with van der Waals surface area (Å²) in [6.45, 7) is 6.74. The molecule has 6 nitrogen and oxygen atoms in total. The van der Waals surface area contributed by atoms with Gasteiger partial charge in [0, 0.05) is 4.88 Å². The van der Waals surface area contributed by atoms with E-state index in [-0.39, 0.29) is 10.5 Å². The van der Waals surface area contributed by atoms with Crippen molar-refractivity contribution in [3.63, 3.8) is 0 Å². The third kappa shape index (κ3) is 4.79. The van der Waals surface area contributed by atoms with Gasteiger partial charge in [0.15, 0.2) is 5.11 Å². The fourth-order valence-corrected chi connectivity index (χ4v) is 6.14. The number of nitrogens with one attached hydrogen (secondary N) is 2. The summed E-state index contributed by atoms with van der Waals surface area (Å²) in [5.74, 6) is 0.102. The maximum Gasteiger partial charge on any atom is 0.261 e. The molecule has 0 radical (unpaired) electrons. The van der Waals surface area contributed by atoms with Crippen molar-refractivity contribution < 1.29 is 14.3 Å². The molecule has 0 saturated heterocycles. The molecule has 2 aromatic carbocycles.